The highest BCUT2D eigenvalue weighted by atomic mass is 16.5. The minimum absolute atomic E-state index is 0.656. The number of hydrogen-bond donors (Lipinski definition) is 1. The molecule has 0 saturated heterocycles. The Balaban J connectivity index is 2.04. The summed E-state index contributed by atoms with van der Waals surface area (Å²) in [5, 5.41) is 3.51. The van der Waals surface area contributed by atoms with Crippen molar-refractivity contribution in [2.24, 2.45) is 5.92 Å². The summed E-state index contributed by atoms with van der Waals surface area (Å²) in [6.07, 6.45) is 4.45. The van der Waals surface area contributed by atoms with Crippen molar-refractivity contribution in [3.8, 4) is 0 Å². The second-order valence-corrected chi connectivity index (χ2v) is 5.93. The zero-order chi connectivity index (χ0) is 14.4. The molecule has 1 aliphatic rings. The predicted octanol–water partition coefficient (Wildman–Crippen LogP) is 2.44. The van der Waals surface area contributed by atoms with Crippen molar-refractivity contribution < 1.29 is 4.74 Å². The van der Waals surface area contributed by atoms with Crippen molar-refractivity contribution in [2.75, 3.05) is 31.7 Å². The molecule has 1 aromatic heterocycles. The van der Waals surface area contributed by atoms with Crippen molar-refractivity contribution in [2.45, 2.75) is 39.3 Å². The first-order valence-corrected chi connectivity index (χ1v) is 7.62. The maximum absolute atomic E-state index is 5.24. The van der Waals surface area contributed by atoms with Crippen LogP contribution in [0.1, 0.15) is 32.3 Å². The van der Waals surface area contributed by atoms with Gasteiger partial charge in [0.25, 0.3) is 0 Å². The molecule has 0 spiro atoms. The lowest BCUT2D eigenvalue weighted by molar-refractivity contribution is 0.204. The number of pyridine rings is 1. The van der Waals surface area contributed by atoms with E-state index in [2.05, 4.69) is 35.1 Å². The Morgan fingerprint density at radius 1 is 1.45 bits per heavy atom. The molecule has 4 heteroatoms. The second kappa shape index (κ2) is 7.60. The summed E-state index contributed by atoms with van der Waals surface area (Å²) in [5.74, 6) is 1.80. The van der Waals surface area contributed by atoms with E-state index in [1.165, 1.54) is 18.4 Å². The van der Waals surface area contributed by atoms with Gasteiger partial charge in [0.2, 0.25) is 0 Å². The van der Waals surface area contributed by atoms with Gasteiger partial charge in [-0.3, -0.25) is 0 Å². The van der Waals surface area contributed by atoms with Gasteiger partial charge in [0.05, 0.1) is 6.61 Å². The third kappa shape index (κ3) is 4.46. The highest BCUT2D eigenvalue weighted by molar-refractivity contribution is 5.48. The van der Waals surface area contributed by atoms with E-state index in [4.69, 9.17) is 4.74 Å². The third-order valence-electron chi connectivity index (χ3n) is 3.53. The predicted molar refractivity (Wildman–Crippen MR) is 83.0 cm³/mol. The largest absolute Gasteiger partial charge is 0.383 e. The van der Waals surface area contributed by atoms with Crippen molar-refractivity contribution in [3.05, 3.63) is 23.9 Å². The maximum atomic E-state index is 5.24. The molecule has 20 heavy (non-hydrogen) atoms. The Morgan fingerprint density at radius 2 is 2.25 bits per heavy atom. The van der Waals surface area contributed by atoms with E-state index in [1.54, 1.807) is 7.11 Å². The SMILES string of the molecule is COCCN(c1ncccc1CNCC(C)C)C1CC1. The minimum Gasteiger partial charge on any atom is -0.383 e. The van der Waals surface area contributed by atoms with Gasteiger partial charge in [-0.25, -0.2) is 4.98 Å². The van der Waals surface area contributed by atoms with Crippen LogP contribution < -0.4 is 10.2 Å². The molecule has 0 bridgehead atoms. The number of aromatic nitrogens is 1. The summed E-state index contributed by atoms with van der Waals surface area (Å²) in [5.41, 5.74) is 1.29. The number of ether oxygens (including phenoxy) is 1. The molecule has 1 heterocycles. The lowest BCUT2D eigenvalue weighted by Gasteiger charge is -2.25. The summed E-state index contributed by atoms with van der Waals surface area (Å²) in [4.78, 5) is 7.03. The van der Waals surface area contributed by atoms with Crippen molar-refractivity contribution in [3.63, 3.8) is 0 Å². The fourth-order valence-electron chi connectivity index (χ4n) is 2.36. The van der Waals surface area contributed by atoms with Gasteiger partial charge >= 0.3 is 0 Å². The molecular formula is C16H27N3O. The van der Waals surface area contributed by atoms with E-state index < -0.39 is 0 Å². The topological polar surface area (TPSA) is 37.4 Å². The zero-order valence-electron chi connectivity index (χ0n) is 12.9. The smallest absolute Gasteiger partial charge is 0.133 e. The van der Waals surface area contributed by atoms with Crippen LogP contribution >= 0.6 is 0 Å². The number of nitrogens with one attached hydrogen (secondary N) is 1. The molecular weight excluding hydrogens is 250 g/mol. The van der Waals surface area contributed by atoms with Crippen molar-refractivity contribution in [1.82, 2.24) is 10.3 Å². The number of hydrogen-bond acceptors (Lipinski definition) is 4. The average Bonchev–Trinajstić information content (AvgIpc) is 3.25. The lowest BCUT2D eigenvalue weighted by Crippen LogP contribution is -2.32. The standard InChI is InChI=1S/C16H27N3O/c1-13(2)11-17-12-14-5-4-8-18-16(14)19(9-10-20-3)15-6-7-15/h4-5,8,13,15,17H,6-7,9-12H2,1-3H3. The zero-order valence-corrected chi connectivity index (χ0v) is 12.9. The molecule has 0 amide bonds. The van der Waals surface area contributed by atoms with Crippen LogP contribution in [0.4, 0.5) is 5.82 Å². The van der Waals surface area contributed by atoms with Crippen LogP contribution in [0.3, 0.4) is 0 Å². The molecule has 0 aliphatic heterocycles. The monoisotopic (exact) mass is 277 g/mol. The van der Waals surface area contributed by atoms with E-state index in [1.807, 2.05) is 12.3 Å². The summed E-state index contributed by atoms with van der Waals surface area (Å²) < 4.78 is 5.24. The second-order valence-electron chi connectivity index (χ2n) is 5.93. The van der Waals surface area contributed by atoms with Gasteiger partial charge in [0, 0.05) is 38.0 Å². The van der Waals surface area contributed by atoms with Gasteiger partial charge in [-0.15, -0.1) is 0 Å². The molecule has 2 rings (SSSR count). The molecule has 1 N–H and O–H groups in total. The summed E-state index contributed by atoms with van der Waals surface area (Å²) >= 11 is 0. The van der Waals surface area contributed by atoms with Crippen LogP contribution in [-0.4, -0.2) is 37.8 Å². The van der Waals surface area contributed by atoms with E-state index in [9.17, 15) is 0 Å². The molecule has 1 fully saturated rings. The average molecular weight is 277 g/mol. The van der Waals surface area contributed by atoms with Crippen LogP contribution in [0.5, 0.6) is 0 Å². The van der Waals surface area contributed by atoms with Crippen molar-refractivity contribution >= 4 is 5.82 Å². The third-order valence-corrected chi connectivity index (χ3v) is 3.53. The molecule has 4 nitrogen and oxygen atoms in total. The van der Waals surface area contributed by atoms with Gasteiger partial charge < -0.3 is 15.0 Å². The first-order chi connectivity index (χ1) is 9.72. The summed E-state index contributed by atoms with van der Waals surface area (Å²) in [6, 6.07) is 4.86. The lowest BCUT2D eigenvalue weighted by atomic mass is 10.2. The Bertz CT molecular complexity index is 404. The van der Waals surface area contributed by atoms with E-state index >= 15 is 0 Å². The number of rotatable bonds is 9. The molecule has 112 valence electrons. The van der Waals surface area contributed by atoms with Gasteiger partial charge in [-0.2, -0.15) is 0 Å². The van der Waals surface area contributed by atoms with Crippen LogP contribution in [0, 0.1) is 5.92 Å². The van der Waals surface area contributed by atoms with Crippen LogP contribution in [0.2, 0.25) is 0 Å². The minimum atomic E-state index is 0.656. The molecule has 1 aromatic rings. The quantitative estimate of drug-likeness (QED) is 0.752. The molecule has 0 aromatic carbocycles. The van der Waals surface area contributed by atoms with Gasteiger partial charge in [-0.05, 0) is 31.4 Å². The highest BCUT2D eigenvalue weighted by Crippen LogP contribution is 2.32. The fourth-order valence-corrected chi connectivity index (χ4v) is 2.36. The summed E-state index contributed by atoms with van der Waals surface area (Å²) in [6.45, 7) is 8.06. The van der Waals surface area contributed by atoms with Gasteiger partial charge in [0.1, 0.15) is 5.82 Å². The Morgan fingerprint density at radius 3 is 2.90 bits per heavy atom. The highest BCUT2D eigenvalue weighted by Gasteiger charge is 2.30. The van der Waals surface area contributed by atoms with Crippen LogP contribution in [0.15, 0.2) is 18.3 Å². The van der Waals surface area contributed by atoms with Crippen LogP contribution in [0.25, 0.3) is 0 Å². The Hall–Kier alpha value is -1.13. The number of anilines is 1. The first-order valence-electron chi connectivity index (χ1n) is 7.62. The Labute approximate surface area is 122 Å². The molecule has 1 aliphatic carbocycles. The Kier molecular flexibility index (Phi) is 5.80. The fraction of sp³-hybridized carbons (Fsp3) is 0.688. The van der Waals surface area contributed by atoms with E-state index in [0.717, 1.165) is 32.1 Å². The summed E-state index contributed by atoms with van der Waals surface area (Å²) in [7, 11) is 1.76. The van der Waals surface area contributed by atoms with Gasteiger partial charge in [-0.1, -0.05) is 19.9 Å². The van der Waals surface area contributed by atoms with E-state index in [-0.39, 0.29) is 0 Å². The maximum Gasteiger partial charge on any atom is 0.133 e. The molecule has 0 radical (unpaired) electrons. The van der Waals surface area contributed by atoms with Crippen molar-refractivity contribution in [1.29, 1.82) is 0 Å². The first kappa shape index (κ1) is 15.3. The van der Waals surface area contributed by atoms with E-state index in [0.29, 0.717) is 12.0 Å². The molecule has 0 unspecified atom stereocenters. The normalized spacial score (nSPS) is 14.8. The molecule has 1 saturated carbocycles. The number of methoxy groups -OCH3 is 1. The number of nitrogens with zero attached hydrogens (tertiary/aromatic N) is 2. The molecule has 0 atom stereocenters. The van der Waals surface area contributed by atoms with Crippen LogP contribution in [-0.2, 0) is 11.3 Å². The van der Waals surface area contributed by atoms with Gasteiger partial charge in [0.15, 0.2) is 0 Å².